The summed E-state index contributed by atoms with van der Waals surface area (Å²) in [5.74, 6) is -0.264. The summed E-state index contributed by atoms with van der Waals surface area (Å²) in [6.07, 6.45) is 0.809. The number of nitrogens with zero attached hydrogens (tertiary/aromatic N) is 1. The fourth-order valence-corrected chi connectivity index (χ4v) is 4.12. The van der Waals surface area contributed by atoms with E-state index >= 15 is 0 Å². The lowest BCUT2D eigenvalue weighted by atomic mass is 9.89. The molecule has 26 heavy (non-hydrogen) atoms. The van der Waals surface area contributed by atoms with E-state index in [1.165, 1.54) is 12.1 Å². The summed E-state index contributed by atoms with van der Waals surface area (Å²) in [6.45, 7) is -0.307. The quantitative estimate of drug-likeness (QED) is 0.809. The van der Waals surface area contributed by atoms with Crippen LogP contribution in [0.5, 0.6) is 0 Å². The minimum absolute atomic E-state index is 0.0470. The number of halogens is 3. The first-order chi connectivity index (χ1) is 12.1. The van der Waals surface area contributed by atoms with E-state index in [9.17, 15) is 26.4 Å². The Kier molecular flexibility index (Phi) is 6.54. The average molecular weight is 392 g/mol. The number of nitrogens with one attached hydrogen (secondary N) is 1. The third kappa shape index (κ3) is 5.36. The highest BCUT2D eigenvalue weighted by molar-refractivity contribution is 7.92. The van der Waals surface area contributed by atoms with Crippen molar-refractivity contribution in [2.45, 2.75) is 38.3 Å². The predicted octanol–water partition coefficient (Wildman–Crippen LogP) is 3.17. The van der Waals surface area contributed by atoms with Crippen molar-refractivity contribution in [3.8, 4) is 0 Å². The van der Waals surface area contributed by atoms with E-state index in [2.05, 4.69) is 5.32 Å². The molecular formula is C17H23F3N2O3S. The molecular weight excluding hydrogens is 369 g/mol. The van der Waals surface area contributed by atoms with Gasteiger partial charge in [0.15, 0.2) is 0 Å². The van der Waals surface area contributed by atoms with Crippen molar-refractivity contribution >= 4 is 21.6 Å². The number of amides is 1. The summed E-state index contributed by atoms with van der Waals surface area (Å²) >= 11 is 0. The van der Waals surface area contributed by atoms with Gasteiger partial charge in [0.25, 0.3) is 0 Å². The first-order valence-corrected chi connectivity index (χ1v) is 10.4. The van der Waals surface area contributed by atoms with E-state index in [1.807, 2.05) is 0 Å². The van der Waals surface area contributed by atoms with Gasteiger partial charge in [0.05, 0.1) is 24.1 Å². The number of para-hydroxylation sites is 1. The summed E-state index contributed by atoms with van der Waals surface area (Å²) in [4.78, 5) is 12.1. The zero-order valence-electron chi connectivity index (χ0n) is 14.6. The van der Waals surface area contributed by atoms with Gasteiger partial charge >= 0.3 is 6.18 Å². The zero-order valence-corrected chi connectivity index (χ0v) is 15.4. The summed E-state index contributed by atoms with van der Waals surface area (Å²) in [5.41, 5.74) is -1.46. The Bertz CT molecular complexity index is 729. The zero-order chi connectivity index (χ0) is 19.4. The summed E-state index contributed by atoms with van der Waals surface area (Å²) < 4.78 is 64.4. The van der Waals surface area contributed by atoms with Crippen LogP contribution in [-0.4, -0.2) is 33.7 Å². The fraction of sp³-hybridized carbons (Fsp3) is 0.588. The number of rotatable bonds is 6. The SMILES string of the molecule is CS(=O)(=O)N(CCNC(=O)C1CCCCC1)c1ccccc1C(F)(F)F. The van der Waals surface area contributed by atoms with E-state index in [0.717, 1.165) is 50.5 Å². The Hall–Kier alpha value is -1.77. The van der Waals surface area contributed by atoms with Crippen LogP contribution in [0, 0.1) is 5.92 Å². The molecule has 0 heterocycles. The van der Waals surface area contributed by atoms with Crippen LogP contribution in [0.15, 0.2) is 24.3 Å². The van der Waals surface area contributed by atoms with Gasteiger partial charge in [-0.15, -0.1) is 0 Å². The van der Waals surface area contributed by atoms with E-state index in [0.29, 0.717) is 4.31 Å². The molecule has 146 valence electrons. The van der Waals surface area contributed by atoms with Crippen molar-refractivity contribution in [2.75, 3.05) is 23.7 Å². The van der Waals surface area contributed by atoms with Crippen LogP contribution < -0.4 is 9.62 Å². The lowest BCUT2D eigenvalue weighted by Crippen LogP contribution is -2.41. The normalized spacial score (nSPS) is 16.3. The van der Waals surface area contributed by atoms with Gasteiger partial charge in [0.1, 0.15) is 0 Å². The topological polar surface area (TPSA) is 66.5 Å². The number of alkyl halides is 3. The van der Waals surface area contributed by atoms with Crippen molar-refractivity contribution in [1.82, 2.24) is 5.32 Å². The van der Waals surface area contributed by atoms with Crippen LogP contribution in [0.25, 0.3) is 0 Å². The number of anilines is 1. The van der Waals surface area contributed by atoms with Gasteiger partial charge in [0.2, 0.25) is 15.9 Å². The molecule has 2 rings (SSSR count). The Morgan fingerprint density at radius 2 is 1.81 bits per heavy atom. The Balaban J connectivity index is 2.11. The van der Waals surface area contributed by atoms with Crippen LogP contribution in [0.3, 0.4) is 0 Å². The van der Waals surface area contributed by atoms with Gasteiger partial charge in [-0.2, -0.15) is 13.2 Å². The van der Waals surface area contributed by atoms with Gasteiger partial charge < -0.3 is 5.32 Å². The van der Waals surface area contributed by atoms with E-state index in [1.54, 1.807) is 0 Å². The maximum atomic E-state index is 13.2. The lowest BCUT2D eigenvalue weighted by molar-refractivity contribution is -0.137. The Morgan fingerprint density at radius 3 is 2.38 bits per heavy atom. The first kappa shape index (κ1) is 20.5. The highest BCUT2D eigenvalue weighted by Crippen LogP contribution is 2.37. The van der Waals surface area contributed by atoms with Gasteiger partial charge in [0, 0.05) is 12.5 Å². The number of carbonyl (C=O) groups excluding carboxylic acids is 1. The van der Waals surface area contributed by atoms with Crippen molar-refractivity contribution in [2.24, 2.45) is 5.92 Å². The third-order valence-corrected chi connectivity index (χ3v) is 5.65. The van der Waals surface area contributed by atoms with Crippen molar-refractivity contribution in [3.05, 3.63) is 29.8 Å². The molecule has 0 aliphatic heterocycles. The van der Waals surface area contributed by atoms with Gasteiger partial charge in [-0.3, -0.25) is 9.10 Å². The predicted molar refractivity (Wildman–Crippen MR) is 93.2 cm³/mol. The smallest absolute Gasteiger partial charge is 0.354 e. The van der Waals surface area contributed by atoms with Crippen LogP contribution in [-0.2, 0) is 21.0 Å². The second-order valence-electron chi connectivity index (χ2n) is 6.48. The molecule has 1 saturated carbocycles. The maximum Gasteiger partial charge on any atom is 0.418 e. The maximum absolute atomic E-state index is 13.2. The molecule has 1 aromatic carbocycles. The second-order valence-corrected chi connectivity index (χ2v) is 8.38. The molecule has 5 nitrogen and oxygen atoms in total. The molecule has 1 aliphatic carbocycles. The van der Waals surface area contributed by atoms with Crippen LogP contribution in [0.4, 0.5) is 18.9 Å². The number of benzene rings is 1. The summed E-state index contributed by atoms with van der Waals surface area (Å²) in [6, 6.07) is 4.52. The molecule has 1 aliphatic rings. The highest BCUT2D eigenvalue weighted by atomic mass is 32.2. The van der Waals surface area contributed by atoms with Gasteiger partial charge in [-0.1, -0.05) is 31.4 Å². The number of hydrogen-bond acceptors (Lipinski definition) is 3. The molecule has 0 saturated heterocycles. The average Bonchev–Trinajstić information content (AvgIpc) is 2.57. The van der Waals surface area contributed by atoms with Crippen molar-refractivity contribution in [1.29, 1.82) is 0 Å². The van der Waals surface area contributed by atoms with Gasteiger partial charge in [-0.05, 0) is 25.0 Å². The molecule has 0 bridgehead atoms. The monoisotopic (exact) mass is 392 g/mol. The molecule has 1 N–H and O–H groups in total. The number of carbonyl (C=O) groups is 1. The number of sulfonamides is 1. The number of hydrogen-bond donors (Lipinski definition) is 1. The van der Waals surface area contributed by atoms with Crippen LogP contribution >= 0.6 is 0 Å². The second kappa shape index (κ2) is 8.28. The van der Waals surface area contributed by atoms with Crippen molar-refractivity contribution in [3.63, 3.8) is 0 Å². The largest absolute Gasteiger partial charge is 0.418 e. The molecule has 0 unspecified atom stereocenters. The molecule has 1 aromatic rings. The molecule has 1 amide bonds. The lowest BCUT2D eigenvalue weighted by Gasteiger charge is -2.26. The standard InChI is InChI=1S/C17H23F3N2O3S/c1-26(24,25)22(15-10-6-5-9-14(15)17(18,19)20)12-11-21-16(23)13-7-3-2-4-8-13/h5-6,9-10,13H,2-4,7-8,11-12H2,1H3,(H,21,23). The molecule has 0 aromatic heterocycles. The molecule has 0 radical (unpaired) electrons. The summed E-state index contributed by atoms with van der Waals surface area (Å²) in [5, 5.41) is 2.66. The fourth-order valence-electron chi connectivity index (χ4n) is 3.19. The van der Waals surface area contributed by atoms with E-state index in [4.69, 9.17) is 0 Å². The Labute approximate surface area is 151 Å². The first-order valence-electron chi connectivity index (χ1n) is 8.52. The summed E-state index contributed by atoms with van der Waals surface area (Å²) in [7, 11) is -3.94. The van der Waals surface area contributed by atoms with Crippen LogP contribution in [0.2, 0.25) is 0 Å². The highest BCUT2D eigenvalue weighted by Gasteiger charge is 2.36. The molecule has 1 fully saturated rings. The molecule has 0 atom stereocenters. The molecule has 0 spiro atoms. The van der Waals surface area contributed by atoms with Crippen LogP contribution in [0.1, 0.15) is 37.7 Å². The third-order valence-electron chi connectivity index (χ3n) is 4.47. The van der Waals surface area contributed by atoms with Crippen molar-refractivity contribution < 1.29 is 26.4 Å². The van der Waals surface area contributed by atoms with E-state index in [-0.39, 0.29) is 24.9 Å². The molecule has 9 heteroatoms. The van der Waals surface area contributed by atoms with Gasteiger partial charge in [-0.25, -0.2) is 8.42 Å². The Morgan fingerprint density at radius 1 is 1.19 bits per heavy atom. The van der Waals surface area contributed by atoms with E-state index < -0.39 is 27.5 Å². The minimum atomic E-state index is -4.68. The minimum Gasteiger partial charge on any atom is -0.354 e.